The fourth-order valence-corrected chi connectivity index (χ4v) is 2.84. The number of nitrogens with one attached hydrogen (secondary N) is 1. The lowest BCUT2D eigenvalue weighted by Crippen LogP contribution is -2.40. The molecule has 0 aliphatic rings. The summed E-state index contributed by atoms with van der Waals surface area (Å²) in [5, 5.41) is 3.38. The number of likely N-dealkylation sites (N-methyl/N-ethyl adjacent to an activating group) is 1. The number of guanidine groups is 1. The number of benzene rings is 2. The minimum Gasteiger partial charge on any atom is -0.493 e. The maximum Gasteiger partial charge on any atom is 0.193 e. The summed E-state index contributed by atoms with van der Waals surface area (Å²) in [6.07, 6.45) is 1.85. The lowest BCUT2D eigenvalue weighted by Gasteiger charge is -2.22. The minimum absolute atomic E-state index is 0.755. The zero-order valence-corrected chi connectivity index (χ0v) is 16.9. The Labute approximate surface area is 163 Å². The standard InChI is InChI=1S/C22H31N3O2/c1-5-23-22(24-15-13-18-9-7-6-8-10-18)25(2)16-14-19-11-12-20(26-3)21(17-19)27-4/h6-12,17H,5,13-16H2,1-4H3,(H,23,24). The molecule has 0 aliphatic heterocycles. The maximum absolute atomic E-state index is 5.39. The van der Waals surface area contributed by atoms with Gasteiger partial charge in [0.15, 0.2) is 17.5 Å². The van der Waals surface area contributed by atoms with Crippen molar-refractivity contribution in [2.24, 2.45) is 4.99 Å². The van der Waals surface area contributed by atoms with Crippen LogP contribution in [0, 0.1) is 0 Å². The topological polar surface area (TPSA) is 46.1 Å². The molecular weight excluding hydrogens is 338 g/mol. The van der Waals surface area contributed by atoms with E-state index in [0.29, 0.717) is 0 Å². The zero-order valence-electron chi connectivity index (χ0n) is 16.9. The summed E-state index contributed by atoms with van der Waals surface area (Å²) >= 11 is 0. The van der Waals surface area contributed by atoms with Gasteiger partial charge in [-0.15, -0.1) is 0 Å². The summed E-state index contributed by atoms with van der Waals surface area (Å²) in [5.74, 6) is 2.46. The summed E-state index contributed by atoms with van der Waals surface area (Å²) in [7, 11) is 5.39. The Hall–Kier alpha value is -2.69. The van der Waals surface area contributed by atoms with Crippen LogP contribution in [0.15, 0.2) is 53.5 Å². The molecule has 0 saturated carbocycles. The number of methoxy groups -OCH3 is 2. The van der Waals surface area contributed by atoms with Crippen LogP contribution >= 0.6 is 0 Å². The molecule has 2 rings (SSSR count). The predicted molar refractivity (Wildman–Crippen MR) is 112 cm³/mol. The van der Waals surface area contributed by atoms with Crippen LogP contribution in [-0.2, 0) is 12.8 Å². The molecule has 0 amide bonds. The molecule has 0 spiro atoms. The van der Waals surface area contributed by atoms with Gasteiger partial charge < -0.3 is 19.7 Å². The summed E-state index contributed by atoms with van der Waals surface area (Å²) in [5.41, 5.74) is 2.52. The molecule has 5 heteroatoms. The van der Waals surface area contributed by atoms with Gasteiger partial charge in [0.1, 0.15) is 0 Å². The van der Waals surface area contributed by atoms with Gasteiger partial charge in [0.25, 0.3) is 0 Å². The molecule has 0 aromatic heterocycles. The molecule has 0 unspecified atom stereocenters. The van der Waals surface area contributed by atoms with Crippen molar-refractivity contribution >= 4 is 5.96 Å². The molecular formula is C22H31N3O2. The van der Waals surface area contributed by atoms with Gasteiger partial charge in [0, 0.05) is 26.7 Å². The van der Waals surface area contributed by atoms with Gasteiger partial charge in [-0.25, -0.2) is 0 Å². The molecule has 1 N–H and O–H groups in total. The number of hydrogen-bond acceptors (Lipinski definition) is 3. The Kier molecular flexibility index (Phi) is 8.49. The second-order valence-electron chi connectivity index (χ2n) is 6.33. The van der Waals surface area contributed by atoms with Crippen molar-refractivity contribution in [1.29, 1.82) is 0 Å². The molecule has 5 nitrogen and oxygen atoms in total. The van der Waals surface area contributed by atoms with Crippen molar-refractivity contribution in [2.75, 3.05) is 40.9 Å². The fraction of sp³-hybridized carbons (Fsp3) is 0.409. The summed E-state index contributed by atoms with van der Waals surface area (Å²) in [6, 6.07) is 16.5. The molecule has 0 bridgehead atoms. The monoisotopic (exact) mass is 369 g/mol. The largest absolute Gasteiger partial charge is 0.493 e. The van der Waals surface area contributed by atoms with Crippen LogP contribution in [-0.4, -0.2) is 51.8 Å². The van der Waals surface area contributed by atoms with Gasteiger partial charge in [-0.1, -0.05) is 36.4 Å². The van der Waals surface area contributed by atoms with E-state index in [4.69, 9.17) is 14.5 Å². The predicted octanol–water partition coefficient (Wildman–Crippen LogP) is 3.39. The van der Waals surface area contributed by atoms with E-state index in [-0.39, 0.29) is 0 Å². The van der Waals surface area contributed by atoms with Crippen molar-refractivity contribution in [1.82, 2.24) is 10.2 Å². The van der Waals surface area contributed by atoms with E-state index in [9.17, 15) is 0 Å². The van der Waals surface area contributed by atoms with Crippen molar-refractivity contribution < 1.29 is 9.47 Å². The van der Waals surface area contributed by atoms with E-state index in [1.54, 1.807) is 14.2 Å². The fourth-order valence-electron chi connectivity index (χ4n) is 2.84. The number of ether oxygens (including phenoxy) is 2. The van der Waals surface area contributed by atoms with Crippen LogP contribution < -0.4 is 14.8 Å². The smallest absolute Gasteiger partial charge is 0.193 e. The summed E-state index contributed by atoms with van der Waals surface area (Å²) in [6.45, 7) is 4.58. The lowest BCUT2D eigenvalue weighted by atomic mass is 10.1. The van der Waals surface area contributed by atoms with Crippen molar-refractivity contribution in [3.05, 3.63) is 59.7 Å². The molecule has 0 atom stereocenters. The third-order valence-corrected chi connectivity index (χ3v) is 4.39. The van der Waals surface area contributed by atoms with E-state index >= 15 is 0 Å². The molecule has 0 heterocycles. The van der Waals surface area contributed by atoms with Gasteiger partial charge in [-0.2, -0.15) is 0 Å². The third kappa shape index (κ3) is 6.51. The average molecular weight is 370 g/mol. The van der Waals surface area contributed by atoms with Crippen molar-refractivity contribution in [3.63, 3.8) is 0 Å². The second kappa shape index (κ2) is 11.1. The molecule has 0 aliphatic carbocycles. The average Bonchev–Trinajstić information content (AvgIpc) is 2.71. The maximum atomic E-state index is 5.39. The van der Waals surface area contributed by atoms with Gasteiger partial charge in [0.05, 0.1) is 14.2 Å². The van der Waals surface area contributed by atoms with Crippen molar-refractivity contribution in [2.45, 2.75) is 19.8 Å². The van der Waals surface area contributed by atoms with Crippen LogP contribution in [0.3, 0.4) is 0 Å². The Morgan fingerprint density at radius 1 is 0.963 bits per heavy atom. The lowest BCUT2D eigenvalue weighted by molar-refractivity contribution is 0.354. The molecule has 0 fully saturated rings. The Morgan fingerprint density at radius 3 is 2.37 bits per heavy atom. The van der Waals surface area contributed by atoms with E-state index < -0.39 is 0 Å². The number of aliphatic imine (C=N–C) groups is 1. The van der Waals surface area contributed by atoms with Crippen molar-refractivity contribution in [3.8, 4) is 11.5 Å². The first kappa shape index (κ1) is 20.6. The zero-order chi connectivity index (χ0) is 19.5. The first-order valence-corrected chi connectivity index (χ1v) is 9.42. The Morgan fingerprint density at radius 2 is 1.70 bits per heavy atom. The highest BCUT2D eigenvalue weighted by Crippen LogP contribution is 2.27. The number of rotatable bonds is 9. The minimum atomic E-state index is 0.755. The SMILES string of the molecule is CCNC(=NCCc1ccccc1)N(C)CCc1ccc(OC)c(OC)c1. The molecule has 2 aromatic rings. The van der Waals surface area contributed by atoms with Crippen LogP contribution in [0.1, 0.15) is 18.1 Å². The van der Waals surface area contributed by atoms with E-state index in [1.165, 1.54) is 11.1 Å². The highest BCUT2D eigenvalue weighted by atomic mass is 16.5. The summed E-state index contributed by atoms with van der Waals surface area (Å²) < 4.78 is 10.7. The quantitative estimate of drug-likeness (QED) is 0.544. The van der Waals surface area contributed by atoms with Crippen LogP contribution in [0.5, 0.6) is 11.5 Å². The van der Waals surface area contributed by atoms with Gasteiger partial charge in [-0.05, 0) is 43.0 Å². The van der Waals surface area contributed by atoms with Gasteiger partial charge >= 0.3 is 0 Å². The molecule has 27 heavy (non-hydrogen) atoms. The molecule has 2 aromatic carbocycles. The van der Waals surface area contributed by atoms with Crippen LogP contribution in [0.25, 0.3) is 0 Å². The molecule has 146 valence electrons. The normalized spacial score (nSPS) is 11.2. The number of hydrogen-bond donors (Lipinski definition) is 1. The highest BCUT2D eigenvalue weighted by Gasteiger charge is 2.08. The van der Waals surface area contributed by atoms with Crippen LogP contribution in [0.4, 0.5) is 0 Å². The first-order valence-electron chi connectivity index (χ1n) is 9.42. The van der Waals surface area contributed by atoms with Crippen LogP contribution in [0.2, 0.25) is 0 Å². The van der Waals surface area contributed by atoms with Gasteiger partial charge in [-0.3, -0.25) is 4.99 Å². The third-order valence-electron chi connectivity index (χ3n) is 4.39. The molecule has 0 radical (unpaired) electrons. The van der Waals surface area contributed by atoms with E-state index in [2.05, 4.69) is 54.5 Å². The first-order chi connectivity index (χ1) is 13.2. The van der Waals surface area contributed by atoms with E-state index in [0.717, 1.165) is 49.9 Å². The Balaban J connectivity index is 1.93. The second-order valence-corrected chi connectivity index (χ2v) is 6.33. The van der Waals surface area contributed by atoms with Gasteiger partial charge in [0.2, 0.25) is 0 Å². The Bertz CT molecular complexity index is 717. The van der Waals surface area contributed by atoms with E-state index in [1.807, 2.05) is 18.2 Å². The highest BCUT2D eigenvalue weighted by molar-refractivity contribution is 5.79. The molecule has 0 saturated heterocycles. The summed E-state index contributed by atoms with van der Waals surface area (Å²) in [4.78, 5) is 6.94. The number of nitrogens with zero attached hydrogens (tertiary/aromatic N) is 2.